The second kappa shape index (κ2) is 5.62. The van der Waals surface area contributed by atoms with E-state index in [2.05, 4.69) is 20.5 Å². The van der Waals surface area contributed by atoms with Gasteiger partial charge in [0, 0.05) is 11.3 Å². The lowest BCUT2D eigenvalue weighted by atomic mass is 10.2. The normalized spacial score (nSPS) is 10.8. The third kappa shape index (κ3) is 2.58. The first kappa shape index (κ1) is 13.6. The van der Waals surface area contributed by atoms with E-state index in [1.807, 2.05) is 41.0 Å². The van der Waals surface area contributed by atoms with Gasteiger partial charge in [0.25, 0.3) is 5.91 Å². The number of hydrogen-bond acceptors (Lipinski definition) is 5. The molecule has 4 aromatic rings. The summed E-state index contributed by atoms with van der Waals surface area (Å²) in [6, 6.07) is 15.3. The number of carbonyl (C=O) groups excluding carboxylic acids is 1. The van der Waals surface area contributed by atoms with Crippen LogP contribution in [0.5, 0.6) is 0 Å². The van der Waals surface area contributed by atoms with E-state index in [0.717, 1.165) is 16.7 Å². The molecular weight excluding hydrogens is 310 g/mol. The number of anilines is 1. The molecule has 6 nitrogen and oxygen atoms in total. The van der Waals surface area contributed by atoms with E-state index in [-0.39, 0.29) is 5.91 Å². The lowest BCUT2D eigenvalue weighted by molar-refractivity contribution is 0.102. The molecular formula is C16H11N5OS. The van der Waals surface area contributed by atoms with Crippen LogP contribution in [0.4, 0.5) is 5.13 Å². The van der Waals surface area contributed by atoms with E-state index in [4.69, 9.17) is 0 Å². The first-order chi connectivity index (χ1) is 11.3. The van der Waals surface area contributed by atoms with Crippen molar-refractivity contribution in [1.82, 2.24) is 19.7 Å². The summed E-state index contributed by atoms with van der Waals surface area (Å²) in [7, 11) is 0. The lowest BCUT2D eigenvalue weighted by Crippen LogP contribution is -2.11. The van der Waals surface area contributed by atoms with Gasteiger partial charge in [0.1, 0.15) is 11.8 Å². The number of amides is 1. The van der Waals surface area contributed by atoms with Crippen molar-refractivity contribution >= 4 is 33.4 Å². The SMILES string of the molecule is O=C(Nc1nncs1)c1ccc(-n2cnc3ccccc32)cc1. The van der Waals surface area contributed by atoms with Crippen LogP contribution >= 0.6 is 11.3 Å². The Morgan fingerprint density at radius 1 is 1.09 bits per heavy atom. The lowest BCUT2D eigenvalue weighted by Gasteiger charge is -2.06. The van der Waals surface area contributed by atoms with Gasteiger partial charge in [0.05, 0.1) is 11.0 Å². The van der Waals surface area contributed by atoms with E-state index in [0.29, 0.717) is 10.7 Å². The second-order valence-electron chi connectivity index (χ2n) is 4.85. The predicted octanol–water partition coefficient (Wildman–Crippen LogP) is 3.13. The van der Waals surface area contributed by atoms with Crippen LogP contribution < -0.4 is 5.32 Å². The number of carbonyl (C=O) groups is 1. The Hall–Kier alpha value is -3.06. The molecule has 4 rings (SSSR count). The van der Waals surface area contributed by atoms with Crippen LogP contribution in [-0.4, -0.2) is 25.7 Å². The van der Waals surface area contributed by atoms with Crippen LogP contribution in [0.25, 0.3) is 16.7 Å². The molecule has 2 heterocycles. The number of rotatable bonds is 3. The van der Waals surface area contributed by atoms with E-state index in [9.17, 15) is 4.79 Å². The zero-order chi connectivity index (χ0) is 15.6. The van der Waals surface area contributed by atoms with Gasteiger partial charge in [-0.2, -0.15) is 0 Å². The summed E-state index contributed by atoms with van der Waals surface area (Å²) in [5, 5.41) is 10.7. The zero-order valence-electron chi connectivity index (χ0n) is 11.9. The number of nitrogens with zero attached hydrogens (tertiary/aromatic N) is 4. The Bertz CT molecular complexity index is 960. The predicted molar refractivity (Wildman–Crippen MR) is 88.9 cm³/mol. The van der Waals surface area contributed by atoms with Gasteiger partial charge in [0.15, 0.2) is 0 Å². The maximum Gasteiger partial charge on any atom is 0.257 e. The molecule has 0 saturated carbocycles. The average Bonchev–Trinajstić information content (AvgIpc) is 3.24. The van der Waals surface area contributed by atoms with Crippen LogP contribution in [-0.2, 0) is 0 Å². The minimum Gasteiger partial charge on any atom is -0.299 e. The van der Waals surface area contributed by atoms with Gasteiger partial charge in [-0.3, -0.25) is 14.7 Å². The number of hydrogen-bond donors (Lipinski definition) is 1. The monoisotopic (exact) mass is 321 g/mol. The molecule has 1 amide bonds. The molecule has 0 spiro atoms. The first-order valence-corrected chi connectivity index (χ1v) is 7.79. The highest BCUT2D eigenvalue weighted by Gasteiger charge is 2.09. The van der Waals surface area contributed by atoms with Gasteiger partial charge < -0.3 is 0 Å². The number of fused-ring (bicyclic) bond motifs is 1. The van der Waals surface area contributed by atoms with E-state index in [1.165, 1.54) is 11.3 Å². The van der Waals surface area contributed by atoms with Crippen LogP contribution in [0.15, 0.2) is 60.4 Å². The molecule has 7 heteroatoms. The smallest absolute Gasteiger partial charge is 0.257 e. The minimum absolute atomic E-state index is 0.205. The highest BCUT2D eigenvalue weighted by atomic mass is 32.1. The van der Waals surface area contributed by atoms with Gasteiger partial charge in [-0.1, -0.05) is 23.5 Å². The van der Waals surface area contributed by atoms with Crippen LogP contribution in [0, 0.1) is 0 Å². The van der Waals surface area contributed by atoms with Crippen molar-refractivity contribution in [3.63, 3.8) is 0 Å². The van der Waals surface area contributed by atoms with E-state index in [1.54, 1.807) is 24.0 Å². The topological polar surface area (TPSA) is 72.7 Å². The fourth-order valence-corrected chi connectivity index (χ4v) is 2.78. The second-order valence-corrected chi connectivity index (χ2v) is 5.68. The molecule has 23 heavy (non-hydrogen) atoms. The number of imidazole rings is 1. The van der Waals surface area contributed by atoms with Gasteiger partial charge in [-0.25, -0.2) is 4.98 Å². The van der Waals surface area contributed by atoms with Crippen molar-refractivity contribution in [3.05, 3.63) is 65.9 Å². The zero-order valence-corrected chi connectivity index (χ0v) is 12.7. The van der Waals surface area contributed by atoms with Crippen LogP contribution in [0.2, 0.25) is 0 Å². The molecule has 2 aromatic carbocycles. The first-order valence-electron chi connectivity index (χ1n) is 6.91. The van der Waals surface area contributed by atoms with Gasteiger partial charge in [-0.05, 0) is 36.4 Å². The molecule has 112 valence electrons. The maximum atomic E-state index is 12.1. The number of aromatic nitrogens is 4. The molecule has 0 aliphatic carbocycles. The summed E-state index contributed by atoms with van der Waals surface area (Å²) >= 11 is 1.28. The number of benzene rings is 2. The van der Waals surface area contributed by atoms with Crippen molar-refractivity contribution in [2.45, 2.75) is 0 Å². The molecule has 0 bridgehead atoms. The molecule has 0 aliphatic heterocycles. The van der Waals surface area contributed by atoms with Gasteiger partial charge in [-0.15, -0.1) is 10.2 Å². The largest absolute Gasteiger partial charge is 0.299 e. The highest BCUT2D eigenvalue weighted by molar-refractivity contribution is 7.13. The van der Waals surface area contributed by atoms with Crippen LogP contribution in [0.3, 0.4) is 0 Å². The molecule has 2 aromatic heterocycles. The van der Waals surface area contributed by atoms with Crippen molar-refractivity contribution in [2.24, 2.45) is 0 Å². The summed E-state index contributed by atoms with van der Waals surface area (Å²) in [6.07, 6.45) is 1.78. The van der Waals surface area contributed by atoms with Crippen molar-refractivity contribution < 1.29 is 4.79 Å². The minimum atomic E-state index is -0.205. The van der Waals surface area contributed by atoms with E-state index < -0.39 is 0 Å². The molecule has 0 fully saturated rings. The van der Waals surface area contributed by atoms with Crippen molar-refractivity contribution in [1.29, 1.82) is 0 Å². The Balaban J connectivity index is 1.62. The summed E-state index contributed by atoms with van der Waals surface area (Å²) in [5.41, 5.74) is 5.05. The van der Waals surface area contributed by atoms with Crippen LogP contribution in [0.1, 0.15) is 10.4 Å². The summed E-state index contributed by atoms with van der Waals surface area (Å²) in [6.45, 7) is 0. The Morgan fingerprint density at radius 3 is 2.70 bits per heavy atom. The molecule has 0 saturated heterocycles. The average molecular weight is 321 g/mol. The third-order valence-corrected chi connectivity index (χ3v) is 4.05. The Kier molecular flexibility index (Phi) is 3.32. The van der Waals surface area contributed by atoms with Gasteiger partial charge in [0.2, 0.25) is 5.13 Å². The standard InChI is InChI=1S/C16H11N5OS/c22-15(19-16-20-18-10-23-16)11-5-7-12(8-6-11)21-9-17-13-3-1-2-4-14(13)21/h1-10H,(H,19,20,22). The summed E-state index contributed by atoms with van der Waals surface area (Å²) in [4.78, 5) is 16.5. The molecule has 0 atom stereocenters. The molecule has 1 N–H and O–H groups in total. The molecule has 0 radical (unpaired) electrons. The fraction of sp³-hybridized carbons (Fsp3) is 0. The summed E-state index contributed by atoms with van der Waals surface area (Å²) < 4.78 is 1.99. The Labute approximate surface area is 135 Å². The summed E-state index contributed by atoms with van der Waals surface area (Å²) in [5.74, 6) is -0.205. The maximum absolute atomic E-state index is 12.1. The third-order valence-electron chi connectivity index (χ3n) is 3.44. The van der Waals surface area contributed by atoms with E-state index >= 15 is 0 Å². The molecule has 0 unspecified atom stereocenters. The quantitative estimate of drug-likeness (QED) is 0.629. The molecule has 0 aliphatic rings. The highest BCUT2D eigenvalue weighted by Crippen LogP contribution is 2.18. The van der Waals surface area contributed by atoms with Gasteiger partial charge >= 0.3 is 0 Å². The number of nitrogens with one attached hydrogen (secondary N) is 1. The fourth-order valence-electron chi connectivity index (χ4n) is 2.34. The Morgan fingerprint density at radius 2 is 1.91 bits per heavy atom. The number of para-hydroxylation sites is 2. The van der Waals surface area contributed by atoms with Crippen molar-refractivity contribution in [2.75, 3.05) is 5.32 Å². The van der Waals surface area contributed by atoms with Crippen molar-refractivity contribution in [3.8, 4) is 5.69 Å².